The number of aryl methyl sites for hydroxylation is 1. The number of aromatic nitrogens is 2. The van der Waals surface area contributed by atoms with Crippen molar-refractivity contribution in [3.63, 3.8) is 0 Å². The van der Waals surface area contributed by atoms with Crippen LogP contribution in [0.2, 0.25) is 0 Å². The van der Waals surface area contributed by atoms with Gasteiger partial charge in [-0.25, -0.2) is 26.3 Å². The number of halogens is 5. The summed E-state index contributed by atoms with van der Waals surface area (Å²) in [5, 5.41) is 10.8. The Labute approximate surface area is 168 Å². The Morgan fingerprint density at radius 3 is 2.17 bits per heavy atom. The quantitative estimate of drug-likeness (QED) is 0.674. The molecule has 0 bridgehead atoms. The average molecular weight is 462 g/mol. The van der Waals surface area contributed by atoms with E-state index in [-0.39, 0.29) is 11.0 Å². The molecule has 30 heavy (non-hydrogen) atoms. The van der Waals surface area contributed by atoms with Crippen LogP contribution in [0.5, 0.6) is 0 Å². The maximum Gasteiger partial charge on any atom is 0.490 e. The van der Waals surface area contributed by atoms with Crippen LogP contribution >= 0.6 is 0 Å². The second kappa shape index (κ2) is 8.09. The van der Waals surface area contributed by atoms with E-state index in [0.29, 0.717) is 32.6 Å². The lowest BCUT2D eigenvalue weighted by Gasteiger charge is -2.47. The summed E-state index contributed by atoms with van der Waals surface area (Å²) in [6, 6.07) is 0. The van der Waals surface area contributed by atoms with Gasteiger partial charge in [0.25, 0.3) is 12.3 Å². The van der Waals surface area contributed by atoms with E-state index >= 15 is 0 Å². The van der Waals surface area contributed by atoms with E-state index < -0.39 is 40.2 Å². The molecule has 2 fully saturated rings. The molecule has 0 aromatic carbocycles. The molecule has 1 aromatic rings. The fourth-order valence-corrected chi connectivity index (χ4v) is 4.28. The van der Waals surface area contributed by atoms with Crippen LogP contribution in [0, 0.1) is 5.41 Å². The predicted molar refractivity (Wildman–Crippen MR) is 91.2 cm³/mol. The van der Waals surface area contributed by atoms with Gasteiger partial charge in [0.05, 0.1) is 11.8 Å². The highest BCUT2D eigenvalue weighted by Crippen LogP contribution is 2.41. The van der Waals surface area contributed by atoms with Gasteiger partial charge in [0.2, 0.25) is 10.0 Å². The van der Waals surface area contributed by atoms with Gasteiger partial charge in [0.15, 0.2) is 0 Å². The number of aliphatic carboxylic acids is 1. The topological polar surface area (TPSA) is 113 Å². The summed E-state index contributed by atoms with van der Waals surface area (Å²) >= 11 is 0. The summed E-state index contributed by atoms with van der Waals surface area (Å²) in [4.78, 5) is 22.8. The van der Waals surface area contributed by atoms with E-state index in [0.717, 1.165) is 6.26 Å². The van der Waals surface area contributed by atoms with Gasteiger partial charge in [0.1, 0.15) is 5.69 Å². The van der Waals surface area contributed by atoms with E-state index in [1.165, 1.54) is 27.1 Å². The lowest BCUT2D eigenvalue weighted by molar-refractivity contribution is -0.192. The third kappa shape index (κ3) is 5.24. The van der Waals surface area contributed by atoms with Crippen molar-refractivity contribution in [1.29, 1.82) is 0 Å². The first kappa shape index (κ1) is 24.0. The van der Waals surface area contributed by atoms with Gasteiger partial charge in [-0.05, 0) is 6.42 Å². The normalized spacial score (nSPS) is 18.9. The highest BCUT2D eigenvalue weighted by molar-refractivity contribution is 7.88. The predicted octanol–water partition coefficient (Wildman–Crippen LogP) is 1.10. The highest BCUT2D eigenvalue weighted by atomic mass is 32.2. The highest BCUT2D eigenvalue weighted by Gasteiger charge is 2.51. The van der Waals surface area contributed by atoms with Crippen LogP contribution in [0.4, 0.5) is 22.0 Å². The standard InChI is InChI=1S/C13H18F2N4O3S.C2HF3O2/c1-17-5-9(10(16-17)11(14)15)12(20)18-6-13(7-18)3-4-19(8-13)23(2,21)22;3-2(4,5)1(6)7/h5,11H,3-4,6-8H2,1-2H3;(H,6,7). The number of amides is 1. The van der Waals surface area contributed by atoms with Gasteiger partial charge in [-0.3, -0.25) is 9.48 Å². The first-order valence-corrected chi connectivity index (χ1v) is 10.3. The molecular formula is C15H19F5N4O5S. The lowest BCUT2D eigenvalue weighted by atomic mass is 9.79. The molecule has 0 saturated carbocycles. The smallest absolute Gasteiger partial charge is 0.475 e. The molecule has 0 atom stereocenters. The third-order valence-electron chi connectivity index (χ3n) is 4.75. The number of carboxylic acids is 1. The van der Waals surface area contributed by atoms with Gasteiger partial charge < -0.3 is 10.0 Å². The van der Waals surface area contributed by atoms with E-state index in [2.05, 4.69) is 5.10 Å². The molecule has 170 valence electrons. The zero-order valence-corrected chi connectivity index (χ0v) is 16.7. The number of rotatable bonds is 3. The van der Waals surface area contributed by atoms with Crippen molar-refractivity contribution >= 4 is 21.9 Å². The third-order valence-corrected chi connectivity index (χ3v) is 6.00. The zero-order chi connectivity index (χ0) is 23.1. The summed E-state index contributed by atoms with van der Waals surface area (Å²) in [7, 11) is -1.75. The van der Waals surface area contributed by atoms with Crippen molar-refractivity contribution in [1.82, 2.24) is 19.0 Å². The number of carboxylic acid groups (broad SMARTS) is 1. The molecule has 15 heteroatoms. The van der Waals surface area contributed by atoms with Crippen LogP contribution in [-0.2, 0) is 21.9 Å². The van der Waals surface area contributed by atoms with Crippen LogP contribution in [0.3, 0.4) is 0 Å². The number of sulfonamides is 1. The molecule has 3 heterocycles. The first-order chi connectivity index (χ1) is 13.6. The monoisotopic (exact) mass is 462 g/mol. The average Bonchev–Trinajstić information content (AvgIpc) is 3.16. The molecule has 2 aliphatic rings. The number of alkyl halides is 5. The Hall–Kier alpha value is -2.29. The van der Waals surface area contributed by atoms with Crippen LogP contribution in [0.1, 0.15) is 28.9 Å². The summed E-state index contributed by atoms with van der Waals surface area (Å²) < 4.78 is 83.4. The van der Waals surface area contributed by atoms with Crippen LogP contribution in [-0.4, -0.2) is 83.0 Å². The maximum absolute atomic E-state index is 12.9. The summed E-state index contributed by atoms with van der Waals surface area (Å²) in [5.41, 5.74) is -0.843. The number of hydrogen-bond acceptors (Lipinski definition) is 5. The van der Waals surface area contributed by atoms with E-state index in [9.17, 15) is 35.2 Å². The molecular weight excluding hydrogens is 443 g/mol. The molecule has 0 aliphatic carbocycles. The van der Waals surface area contributed by atoms with Gasteiger partial charge in [-0.1, -0.05) is 0 Å². The molecule has 1 aromatic heterocycles. The minimum absolute atomic E-state index is 0.0877. The van der Waals surface area contributed by atoms with E-state index in [4.69, 9.17) is 9.90 Å². The Bertz CT molecular complexity index is 924. The Balaban J connectivity index is 0.000000396. The van der Waals surface area contributed by atoms with Gasteiger partial charge in [-0.2, -0.15) is 18.3 Å². The van der Waals surface area contributed by atoms with Gasteiger partial charge in [-0.15, -0.1) is 0 Å². The number of carbonyl (C=O) groups excluding carboxylic acids is 1. The first-order valence-electron chi connectivity index (χ1n) is 8.42. The molecule has 1 N–H and O–H groups in total. The summed E-state index contributed by atoms with van der Waals surface area (Å²) in [6.07, 6.45) is -4.75. The molecule has 3 rings (SSSR count). The minimum atomic E-state index is -5.08. The largest absolute Gasteiger partial charge is 0.490 e. The Morgan fingerprint density at radius 1 is 1.23 bits per heavy atom. The molecule has 2 aliphatic heterocycles. The molecule has 2 saturated heterocycles. The van der Waals surface area contributed by atoms with E-state index in [1.54, 1.807) is 0 Å². The van der Waals surface area contributed by atoms with Crippen LogP contribution in [0.25, 0.3) is 0 Å². The van der Waals surface area contributed by atoms with Gasteiger partial charge in [0, 0.05) is 44.8 Å². The Morgan fingerprint density at radius 2 is 1.77 bits per heavy atom. The zero-order valence-electron chi connectivity index (χ0n) is 15.9. The molecule has 0 unspecified atom stereocenters. The fourth-order valence-electron chi connectivity index (χ4n) is 3.34. The van der Waals surface area contributed by atoms with Crippen molar-refractivity contribution in [2.24, 2.45) is 12.5 Å². The maximum atomic E-state index is 12.9. The minimum Gasteiger partial charge on any atom is -0.475 e. The van der Waals surface area contributed by atoms with Crippen molar-refractivity contribution in [3.05, 3.63) is 17.5 Å². The fraction of sp³-hybridized carbons (Fsp3) is 0.667. The lowest BCUT2D eigenvalue weighted by Crippen LogP contribution is -2.59. The molecule has 0 radical (unpaired) electrons. The van der Waals surface area contributed by atoms with Gasteiger partial charge >= 0.3 is 12.1 Å². The van der Waals surface area contributed by atoms with Crippen molar-refractivity contribution in [3.8, 4) is 0 Å². The van der Waals surface area contributed by atoms with Crippen LogP contribution < -0.4 is 0 Å². The second-order valence-corrected chi connectivity index (χ2v) is 9.20. The SMILES string of the molecule is Cn1cc(C(=O)N2CC3(CCN(S(C)(=O)=O)C3)C2)c(C(F)F)n1.O=C(O)C(F)(F)F. The number of carbonyl (C=O) groups is 2. The summed E-state index contributed by atoms with van der Waals surface area (Å²) in [6.45, 7) is 1.59. The van der Waals surface area contributed by atoms with E-state index in [1.807, 2.05) is 0 Å². The number of likely N-dealkylation sites (tertiary alicyclic amines) is 1. The molecule has 1 amide bonds. The number of hydrogen-bond donors (Lipinski definition) is 1. The van der Waals surface area contributed by atoms with Crippen LogP contribution in [0.15, 0.2) is 6.20 Å². The second-order valence-electron chi connectivity index (χ2n) is 7.21. The molecule has 1 spiro atoms. The van der Waals surface area contributed by atoms with Crippen molar-refractivity contribution < 1.29 is 45.1 Å². The Kier molecular flexibility index (Phi) is 6.47. The summed E-state index contributed by atoms with van der Waals surface area (Å²) in [5.74, 6) is -3.23. The van der Waals surface area contributed by atoms with Crippen molar-refractivity contribution in [2.75, 3.05) is 32.4 Å². The number of nitrogens with zero attached hydrogens (tertiary/aromatic N) is 4. The molecule has 9 nitrogen and oxygen atoms in total. The van der Waals surface area contributed by atoms with Crippen molar-refractivity contribution in [2.45, 2.75) is 19.0 Å².